The number of amides is 1. The van der Waals surface area contributed by atoms with Crippen LogP contribution in [0, 0.1) is 0 Å². The first kappa shape index (κ1) is 16.5. The summed E-state index contributed by atoms with van der Waals surface area (Å²) in [6.45, 7) is 1.17. The summed E-state index contributed by atoms with van der Waals surface area (Å²) in [6.07, 6.45) is 1.93. The van der Waals surface area contributed by atoms with Gasteiger partial charge < -0.3 is 20.0 Å². The van der Waals surface area contributed by atoms with Gasteiger partial charge in [-0.1, -0.05) is 18.2 Å². The van der Waals surface area contributed by atoms with E-state index in [1.54, 1.807) is 4.90 Å². The molecular weight excluding hydrogens is 308 g/mol. The molecule has 1 aromatic heterocycles. The second kappa shape index (κ2) is 6.26. The number of aliphatic hydroxyl groups is 1. The third-order valence-corrected chi connectivity index (χ3v) is 4.15. The van der Waals surface area contributed by atoms with E-state index < -0.39 is 5.60 Å². The maximum absolute atomic E-state index is 12.7. The Morgan fingerprint density at radius 2 is 2.04 bits per heavy atom. The number of carbonyl (C=O) groups is 1. The second-order valence-corrected chi connectivity index (χ2v) is 6.58. The van der Waals surface area contributed by atoms with Gasteiger partial charge in [0.25, 0.3) is 5.91 Å². The van der Waals surface area contributed by atoms with Gasteiger partial charge in [0.1, 0.15) is 0 Å². The lowest BCUT2D eigenvalue weighted by Crippen LogP contribution is -2.43. The third kappa shape index (κ3) is 3.27. The number of para-hydroxylation sites is 1. The molecular formula is C17H22N4O3. The van der Waals surface area contributed by atoms with E-state index in [-0.39, 0.29) is 23.9 Å². The van der Waals surface area contributed by atoms with E-state index >= 15 is 0 Å². The lowest BCUT2D eigenvalue weighted by Gasteiger charge is -2.26. The Labute approximate surface area is 140 Å². The van der Waals surface area contributed by atoms with E-state index in [1.807, 2.05) is 49.3 Å². The highest BCUT2D eigenvalue weighted by Crippen LogP contribution is 2.26. The topological polar surface area (TPSA) is 81.8 Å². The number of aromatic nitrogens is 2. The maximum atomic E-state index is 12.7. The van der Waals surface area contributed by atoms with Crippen molar-refractivity contribution in [2.75, 3.05) is 33.7 Å². The molecule has 1 aliphatic rings. The van der Waals surface area contributed by atoms with Crippen LogP contribution in [0.5, 0.6) is 5.75 Å². The number of rotatable bonds is 4. The molecule has 0 radical (unpaired) electrons. The average Bonchev–Trinajstić information content (AvgIpc) is 3.10. The van der Waals surface area contributed by atoms with Crippen LogP contribution in [0.15, 0.2) is 36.5 Å². The van der Waals surface area contributed by atoms with Crippen molar-refractivity contribution in [2.45, 2.75) is 12.0 Å². The Morgan fingerprint density at radius 1 is 1.33 bits per heavy atom. The van der Waals surface area contributed by atoms with Crippen molar-refractivity contribution < 1.29 is 15.0 Å². The molecule has 1 amide bonds. The minimum Gasteiger partial charge on any atom is -0.504 e. The summed E-state index contributed by atoms with van der Waals surface area (Å²) in [5, 5.41) is 24.9. The van der Waals surface area contributed by atoms with Gasteiger partial charge in [-0.2, -0.15) is 5.10 Å². The molecule has 1 aliphatic heterocycles. The Balaban J connectivity index is 1.78. The Hall–Kier alpha value is -2.38. The minimum atomic E-state index is -0.920. The fraction of sp³-hybridized carbons (Fsp3) is 0.412. The van der Waals surface area contributed by atoms with Gasteiger partial charge in [0.15, 0.2) is 11.4 Å². The van der Waals surface area contributed by atoms with Crippen LogP contribution < -0.4 is 0 Å². The van der Waals surface area contributed by atoms with E-state index in [2.05, 4.69) is 5.10 Å². The molecule has 7 heteroatoms. The molecule has 3 rings (SSSR count). The summed E-state index contributed by atoms with van der Waals surface area (Å²) in [6, 6.07) is 9.28. The van der Waals surface area contributed by atoms with Crippen molar-refractivity contribution in [3.8, 4) is 11.4 Å². The highest BCUT2D eigenvalue weighted by Gasteiger charge is 2.39. The van der Waals surface area contributed by atoms with E-state index in [0.29, 0.717) is 19.5 Å². The molecule has 1 atom stereocenters. The SMILES string of the molecule is CN(C)CC1(O)CCN(C(=O)c2nn(-c3ccccc3)cc2O)C1. The summed E-state index contributed by atoms with van der Waals surface area (Å²) in [7, 11) is 3.77. The van der Waals surface area contributed by atoms with Crippen LogP contribution in [-0.4, -0.2) is 75.0 Å². The lowest BCUT2D eigenvalue weighted by atomic mass is 10.0. The van der Waals surface area contributed by atoms with E-state index in [0.717, 1.165) is 5.69 Å². The van der Waals surface area contributed by atoms with Gasteiger partial charge in [-0.3, -0.25) is 4.79 Å². The molecule has 24 heavy (non-hydrogen) atoms. The third-order valence-electron chi connectivity index (χ3n) is 4.15. The number of benzene rings is 1. The van der Waals surface area contributed by atoms with Gasteiger partial charge in [0.2, 0.25) is 0 Å². The van der Waals surface area contributed by atoms with Crippen molar-refractivity contribution in [3.63, 3.8) is 0 Å². The zero-order chi connectivity index (χ0) is 17.3. The summed E-state index contributed by atoms with van der Waals surface area (Å²) < 4.78 is 1.48. The van der Waals surface area contributed by atoms with E-state index in [9.17, 15) is 15.0 Å². The van der Waals surface area contributed by atoms with Gasteiger partial charge >= 0.3 is 0 Å². The van der Waals surface area contributed by atoms with Crippen molar-refractivity contribution in [2.24, 2.45) is 0 Å². The number of carbonyl (C=O) groups excluding carboxylic acids is 1. The van der Waals surface area contributed by atoms with Crippen molar-refractivity contribution in [1.82, 2.24) is 19.6 Å². The summed E-state index contributed by atoms with van der Waals surface area (Å²) in [5.41, 5.74) is -0.151. The number of likely N-dealkylation sites (N-methyl/N-ethyl adjacent to an activating group) is 1. The highest BCUT2D eigenvalue weighted by molar-refractivity contribution is 5.95. The number of hydrogen-bond donors (Lipinski definition) is 2. The van der Waals surface area contributed by atoms with Crippen LogP contribution >= 0.6 is 0 Å². The van der Waals surface area contributed by atoms with Gasteiger partial charge in [0.05, 0.1) is 24.0 Å². The molecule has 0 bridgehead atoms. The molecule has 1 unspecified atom stereocenters. The number of nitrogens with zero attached hydrogens (tertiary/aromatic N) is 4. The number of hydrogen-bond acceptors (Lipinski definition) is 5. The molecule has 0 aliphatic carbocycles. The van der Waals surface area contributed by atoms with E-state index in [4.69, 9.17) is 0 Å². The van der Waals surface area contributed by atoms with Gasteiger partial charge in [-0.15, -0.1) is 0 Å². The predicted octanol–water partition coefficient (Wildman–Crippen LogP) is 0.716. The van der Waals surface area contributed by atoms with Gasteiger partial charge in [-0.05, 0) is 32.6 Å². The molecule has 2 aromatic rings. The molecule has 1 saturated heterocycles. The van der Waals surface area contributed by atoms with Crippen LogP contribution in [0.4, 0.5) is 0 Å². The quantitative estimate of drug-likeness (QED) is 0.863. The molecule has 7 nitrogen and oxygen atoms in total. The smallest absolute Gasteiger partial charge is 0.278 e. The Morgan fingerprint density at radius 3 is 2.71 bits per heavy atom. The number of likely N-dealkylation sites (tertiary alicyclic amines) is 1. The van der Waals surface area contributed by atoms with Crippen LogP contribution in [0.1, 0.15) is 16.9 Å². The Kier molecular flexibility index (Phi) is 4.29. The molecule has 2 N–H and O–H groups in total. The fourth-order valence-electron chi connectivity index (χ4n) is 3.13. The second-order valence-electron chi connectivity index (χ2n) is 6.58. The minimum absolute atomic E-state index is 0.00737. The lowest BCUT2D eigenvalue weighted by molar-refractivity contribution is 0.0234. The summed E-state index contributed by atoms with van der Waals surface area (Å²) >= 11 is 0. The largest absolute Gasteiger partial charge is 0.504 e. The molecule has 2 heterocycles. The molecule has 1 fully saturated rings. The van der Waals surface area contributed by atoms with Crippen molar-refractivity contribution in [3.05, 3.63) is 42.2 Å². The van der Waals surface area contributed by atoms with Crippen LogP contribution in [0.25, 0.3) is 5.69 Å². The zero-order valence-corrected chi connectivity index (χ0v) is 13.9. The monoisotopic (exact) mass is 330 g/mol. The molecule has 1 aromatic carbocycles. The average molecular weight is 330 g/mol. The maximum Gasteiger partial charge on any atom is 0.278 e. The van der Waals surface area contributed by atoms with E-state index in [1.165, 1.54) is 10.9 Å². The zero-order valence-electron chi connectivity index (χ0n) is 13.9. The van der Waals surface area contributed by atoms with Gasteiger partial charge in [-0.25, -0.2) is 4.68 Å². The van der Waals surface area contributed by atoms with Crippen molar-refractivity contribution >= 4 is 5.91 Å². The van der Waals surface area contributed by atoms with Crippen LogP contribution in [0.3, 0.4) is 0 Å². The van der Waals surface area contributed by atoms with Gasteiger partial charge in [0, 0.05) is 13.1 Å². The standard InChI is InChI=1S/C17H22N4O3/c1-19(2)11-17(24)8-9-20(12-17)16(23)15-14(22)10-21(18-15)13-6-4-3-5-7-13/h3-7,10,22,24H,8-9,11-12H2,1-2H3. The fourth-order valence-corrected chi connectivity index (χ4v) is 3.13. The first-order valence-electron chi connectivity index (χ1n) is 7.88. The first-order chi connectivity index (χ1) is 11.4. The van der Waals surface area contributed by atoms with Crippen LogP contribution in [-0.2, 0) is 0 Å². The first-order valence-corrected chi connectivity index (χ1v) is 7.88. The summed E-state index contributed by atoms with van der Waals surface area (Å²) in [5.74, 6) is -0.524. The Bertz CT molecular complexity index is 729. The number of β-amino-alcohol motifs (C(OH)–C–C–N with tert-alkyl or cyclic N) is 1. The molecule has 0 saturated carbocycles. The highest BCUT2D eigenvalue weighted by atomic mass is 16.3. The normalized spacial score (nSPS) is 20.8. The molecule has 0 spiro atoms. The van der Waals surface area contributed by atoms with Crippen molar-refractivity contribution in [1.29, 1.82) is 0 Å². The van der Waals surface area contributed by atoms with Crippen LogP contribution in [0.2, 0.25) is 0 Å². The molecule has 128 valence electrons. The number of aromatic hydroxyl groups is 1. The summed E-state index contributed by atoms with van der Waals surface area (Å²) in [4.78, 5) is 16.1. The predicted molar refractivity (Wildman–Crippen MR) is 89.3 cm³/mol.